The molecule has 9 heteroatoms. The standard InChI is InChI=1S/C13H11Cl2N3O4/c1-2-22-13(21)17-10(19)5-18-6-16-11-8(12(18)20)3-7(14)4-9(11)15/h3-4,6H,2,5H2,1H3,(H,17,19,21). The lowest BCUT2D eigenvalue weighted by Crippen LogP contribution is -2.36. The number of nitrogens with zero attached hydrogens (tertiary/aromatic N) is 2. The van der Waals surface area contributed by atoms with Gasteiger partial charge in [-0.25, -0.2) is 9.78 Å². The number of benzene rings is 1. The van der Waals surface area contributed by atoms with E-state index in [1.54, 1.807) is 6.92 Å². The van der Waals surface area contributed by atoms with Crippen molar-refractivity contribution in [1.29, 1.82) is 0 Å². The van der Waals surface area contributed by atoms with Crippen LogP contribution in [-0.2, 0) is 16.1 Å². The first-order valence-electron chi connectivity index (χ1n) is 6.23. The van der Waals surface area contributed by atoms with Crippen LogP contribution in [0.3, 0.4) is 0 Å². The molecule has 0 saturated heterocycles. The average molecular weight is 344 g/mol. The predicted octanol–water partition coefficient (Wildman–Crippen LogP) is 1.98. The smallest absolute Gasteiger partial charge is 0.413 e. The Morgan fingerprint density at radius 1 is 1.36 bits per heavy atom. The molecule has 0 aliphatic carbocycles. The number of hydrogen-bond acceptors (Lipinski definition) is 5. The summed E-state index contributed by atoms with van der Waals surface area (Å²) in [7, 11) is 0. The van der Waals surface area contributed by atoms with E-state index >= 15 is 0 Å². The molecule has 0 unspecified atom stereocenters. The molecule has 116 valence electrons. The molecule has 0 fully saturated rings. The predicted molar refractivity (Wildman–Crippen MR) is 81.2 cm³/mol. The fourth-order valence-electron chi connectivity index (χ4n) is 1.78. The number of fused-ring (bicyclic) bond motifs is 1. The number of ether oxygens (including phenoxy) is 1. The van der Waals surface area contributed by atoms with Gasteiger partial charge in [0.1, 0.15) is 6.54 Å². The average Bonchev–Trinajstić information content (AvgIpc) is 2.42. The van der Waals surface area contributed by atoms with Crippen LogP contribution in [0.2, 0.25) is 10.0 Å². The second kappa shape index (κ2) is 6.76. The fraction of sp³-hybridized carbons (Fsp3) is 0.231. The molecule has 0 spiro atoms. The van der Waals surface area contributed by atoms with Crippen LogP contribution in [0.25, 0.3) is 10.9 Å². The van der Waals surface area contributed by atoms with E-state index in [-0.39, 0.29) is 34.1 Å². The summed E-state index contributed by atoms with van der Waals surface area (Å²) in [4.78, 5) is 39.1. The van der Waals surface area contributed by atoms with Gasteiger partial charge >= 0.3 is 6.09 Å². The first-order valence-corrected chi connectivity index (χ1v) is 6.98. The normalized spacial score (nSPS) is 10.5. The number of carbonyl (C=O) groups is 2. The molecule has 1 aromatic carbocycles. The lowest BCUT2D eigenvalue weighted by Gasteiger charge is -2.08. The molecule has 0 bridgehead atoms. The SMILES string of the molecule is CCOC(=O)NC(=O)Cn1cnc2c(Cl)cc(Cl)cc2c1=O. The second-order valence-corrected chi connectivity index (χ2v) is 5.07. The van der Waals surface area contributed by atoms with E-state index in [0.29, 0.717) is 0 Å². The number of halogens is 2. The number of alkyl carbamates (subject to hydrolysis) is 1. The van der Waals surface area contributed by atoms with E-state index in [4.69, 9.17) is 23.2 Å². The summed E-state index contributed by atoms with van der Waals surface area (Å²) >= 11 is 11.8. The van der Waals surface area contributed by atoms with Gasteiger partial charge in [-0.05, 0) is 19.1 Å². The molecule has 1 aromatic heterocycles. The minimum absolute atomic E-state index is 0.133. The number of aromatic nitrogens is 2. The quantitative estimate of drug-likeness (QED) is 0.919. The van der Waals surface area contributed by atoms with Gasteiger partial charge in [0.2, 0.25) is 5.91 Å². The topological polar surface area (TPSA) is 90.3 Å². The number of carbonyl (C=O) groups excluding carboxylic acids is 2. The molecule has 0 radical (unpaired) electrons. The van der Waals surface area contributed by atoms with Crippen molar-refractivity contribution in [1.82, 2.24) is 14.9 Å². The Balaban J connectivity index is 2.30. The van der Waals surface area contributed by atoms with Crippen LogP contribution in [0.15, 0.2) is 23.3 Å². The van der Waals surface area contributed by atoms with E-state index in [1.807, 2.05) is 5.32 Å². The van der Waals surface area contributed by atoms with Crippen molar-refractivity contribution in [2.24, 2.45) is 0 Å². The highest BCUT2D eigenvalue weighted by Crippen LogP contribution is 2.23. The lowest BCUT2D eigenvalue weighted by molar-refractivity contribution is -0.121. The highest BCUT2D eigenvalue weighted by molar-refractivity contribution is 6.38. The summed E-state index contributed by atoms with van der Waals surface area (Å²) in [6.45, 7) is 1.35. The third-order valence-corrected chi connectivity index (χ3v) is 3.18. The third-order valence-electron chi connectivity index (χ3n) is 2.68. The molecule has 1 heterocycles. The summed E-state index contributed by atoms with van der Waals surface area (Å²) in [6, 6.07) is 2.88. The number of imide groups is 1. The summed E-state index contributed by atoms with van der Waals surface area (Å²) < 4.78 is 5.62. The molecule has 0 atom stereocenters. The highest BCUT2D eigenvalue weighted by Gasteiger charge is 2.13. The van der Waals surface area contributed by atoms with Gasteiger partial charge in [0.25, 0.3) is 5.56 Å². The van der Waals surface area contributed by atoms with E-state index in [9.17, 15) is 14.4 Å². The van der Waals surface area contributed by atoms with Crippen molar-refractivity contribution in [3.05, 3.63) is 38.9 Å². The van der Waals surface area contributed by atoms with E-state index in [0.717, 1.165) is 4.57 Å². The highest BCUT2D eigenvalue weighted by atomic mass is 35.5. The van der Waals surface area contributed by atoms with Crippen molar-refractivity contribution >= 4 is 46.1 Å². The Bertz CT molecular complexity index is 804. The summed E-state index contributed by atoms with van der Waals surface area (Å²) in [5, 5.41) is 2.69. The van der Waals surface area contributed by atoms with Crippen molar-refractivity contribution in [2.45, 2.75) is 13.5 Å². The maximum absolute atomic E-state index is 12.3. The maximum atomic E-state index is 12.3. The Morgan fingerprint density at radius 2 is 2.09 bits per heavy atom. The lowest BCUT2D eigenvalue weighted by atomic mass is 10.2. The van der Waals surface area contributed by atoms with Gasteiger partial charge in [0.05, 0.1) is 28.9 Å². The van der Waals surface area contributed by atoms with Gasteiger partial charge < -0.3 is 4.74 Å². The van der Waals surface area contributed by atoms with Gasteiger partial charge in [-0.1, -0.05) is 23.2 Å². The van der Waals surface area contributed by atoms with Crippen molar-refractivity contribution < 1.29 is 14.3 Å². The zero-order valence-electron chi connectivity index (χ0n) is 11.4. The number of amides is 2. The van der Waals surface area contributed by atoms with Crippen LogP contribution in [0, 0.1) is 0 Å². The van der Waals surface area contributed by atoms with E-state index < -0.39 is 17.6 Å². The largest absolute Gasteiger partial charge is 0.450 e. The monoisotopic (exact) mass is 343 g/mol. The first-order chi connectivity index (χ1) is 10.4. The molecule has 0 aliphatic rings. The van der Waals surface area contributed by atoms with Crippen LogP contribution in [0.4, 0.5) is 4.79 Å². The summed E-state index contributed by atoms with van der Waals surface area (Å²) in [5.41, 5.74) is -0.202. The van der Waals surface area contributed by atoms with Gasteiger partial charge in [-0.2, -0.15) is 0 Å². The van der Waals surface area contributed by atoms with Gasteiger partial charge in [-0.3, -0.25) is 19.5 Å². The fourth-order valence-corrected chi connectivity index (χ4v) is 2.32. The molecule has 22 heavy (non-hydrogen) atoms. The van der Waals surface area contributed by atoms with Crippen LogP contribution in [-0.4, -0.2) is 28.2 Å². The Labute approximate surface area is 134 Å². The number of rotatable bonds is 3. The molecule has 0 saturated carbocycles. The Hall–Kier alpha value is -2.12. The van der Waals surface area contributed by atoms with Gasteiger partial charge in [0, 0.05) is 5.02 Å². The number of nitrogens with one attached hydrogen (secondary N) is 1. The van der Waals surface area contributed by atoms with Gasteiger partial charge in [-0.15, -0.1) is 0 Å². The van der Waals surface area contributed by atoms with Crippen LogP contribution in [0.5, 0.6) is 0 Å². The van der Waals surface area contributed by atoms with Crippen molar-refractivity contribution in [3.8, 4) is 0 Å². The van der Waals surface area contributed by atoms with Crippen molar-refractivity contribution in [3.63, 3.8) is 0 Å². The van der Waals surface area contributed by atoms with Gasteiger partial charge in [0.15, 0.2) is 0 Å². The Kier molecular flexibility index (Phi) is 4.99. The second-order valence-electron chi connectivity index (χ2n) is 4.23. The molecular formula is C13H11Cl2N3O4. The molecule has 1 N–H and O–H groups in total. The summed E-state index contributed by atoms with van der Waals surface area (Å²) in [6.07, 6.45) is 0.301. The van der Waals surface area contributed by atoms with Crippen LogP contribution in [0.1, 0.15) is 6.92 Å². The molecule has 0 aliphatic heterocycles. The third kappa shape index (κ3) is 3.55. The van der Waals surface area contributed by atoms with E-state index in [2.05, 4.69) is 9.72 Å². The van der Waals surface area contributed by atoms with Crippen LogP contribution >= 0.6 is 23.2 Å². The molecular weight excluding hydrogens is 333 g/mol. The van der Waals surface area contributed by atoms with E-state index in [1.165, 1.54) is 18.5 Å². The molecule has 2 aromatic rings. The number of hydrogen-bond donors (Lipinski definition) is 1. The van der Waals surface area contributed by atoms with Crippen LogP contribution < -0.4 is 10.9 Å². The maximum Gasteiger partial charge on any atom is 0.413 e. The first kappa shape index (κ1) is 16.3. The minimum atomic E-state index is -0.875. The molecule has 2 rings (SSSR count). The Morgan fingerprint density at radius 3 is 2.77 bits per heavy atom. The van der Waals surface area contributed by atoms with Crippen molar-refractivity contribution in [2.75, 3.05) is 6.61 Å². The summed E-state index contributed by atoms with van der Waals surface area (Å²) in [5.74, 6) is -0.699. The molecule has 7 nitrogen and oxygen atoms in total. The zero-order valence-corrected chi connectivity index (χ0v) is 12.9. The minimum Gasteiger partial charge on any atom is -0.450 e. The zero-order chi connectivity index (χ0) is 16.3. The molecule has 2 amide bonds.